The van der Waals surface area contributed by atoms with Gasteiger partial charge in [0.05, 0.1) is 6.54 Å². The maximum Gasteiger partial charge on any atom is 0.257 e. The summed E-state index contributed by atoms with van der Waals surface area (Å²) < 4.78 is 0. The molecule has 0 saturated heterocycles. The Morgan fingerprint density at radius 3 is 2.55 bits per heavy atom. The summed E-state index contributed by atoms with van der Waals surface area (Å²) in [6, 6.07) is 0. The molecular weight excluding hydrogens is 144 g/mol. The van der Waals surface area contributed by atoms with Gasteiger partial charge in [-0.15, -0.1) is 0 Å². The van der Waals surface area contributed by atoms with Gasteiger partial charge in [0.25, 0.3) is 5.91 Å². The molecule has 0 aliphatic carbocycles. The molecule has 0 aromatic heterocycles. The molecule has 0 aliphatic rings. The predicted molar refractivity (Wildman–Crippen MR) is 40.6 cm³/mol. The number of amides is 2. The van der Waals surface area contributed by atoms with Crippen LogP contribution in [-0.2, 0) is 9.59 Å². The maximum absolute atomic E-state index is 10.8. The van der Waals surface area contributed by atoms with Crippen LogP contribution in [0.2, 0.25) is 0 Å². The van der Waals surface area contributed by atoms with Crippen molar-refractivity contribution in [2.45, 2.75) is 26.2 Å². The van der Waals surface area contributed by atoms with E-state index in [1.54, 1.807) is 0 Å². The lowest BCUT2D eigenvalue weighted by Crippen LogP contribution is -2.29. The zero-order chi connectivity index (χ0) is 8.69. The van der Waals surface area contributed by atoms with Crippen molar-refractivity contribution in [3.63, 3.8) is 0 Å². The van der Waals surface area contributed by atoms with Gasteiger partial charge < -0.3 is 5.32 Å². The first-order valence-electron chi connectivity index (χ1n) is 3.68. The third-order valence-electron chi connectivity index (χ3n) is 1.20. The van der Waals surface area contributed by atoms with Crippen LogP contribution in [0.1, 0.15) is 26.2 Å². The van der Waals surface area contributed by atoms with E-state index in [0.717, 1.165) is 12.8 Å². The van der Waals surface area contributed by atoms with Crippen LogP contribution in [-0.4, -0.2) is 18.4 Å². The van der Waals surface area contributed by atoms with Gasteiger partial charge in [-0.25, -0.2) is 0 Å². The van der Waals surface area contributed by atoms with Crippen LogP contribution >= 0.6 is 0 Å². The topological polar surface area (TPSA) is 70.0 Å². The molecule has 0 heterocycles. The first kappa shape index (κ1) is 9.94. The summed E-state index contributed by atoms with van der Waals surface area (Å²) in [4.78, 5) is 20.8. The zero-order valence-electron chi connectivity index (χ0n) is 6.64. The van der Waals surface area contributed by atoms with Gasteiger partial charge in [0, 0.05) is 6.42 Å². The first-order chi connectivity index (χ1) is 5.16. The van der Waals surface area contributed by atoms with Gasteiger partial charge in [0.15, 0.2) is 0 Å². The molecule has 0 bridgehead atoms. The fraction of sp³-hybridized carbons (Fsp3) is 0.714. The predicted octanol–water partition coefficient (Wildman–Crippen LogP) is 0.102. The quantitative estimate of drug-likeness (QED) is 0.615. The number of rotatable bonds is 5. The molecule has 0 aromatic carbocycles. The zero-order valence-corrected chi connectivity index (χ0v) is 6.64. The minimum Gasteiger partial charge on any atom is -0.347 e. The lowest BCUT2D eigenvalue weighted by Gasteiger charge is -1.99. The van der Waals surface area contributed by atoms with Crippen molar-refractivity contribution in [1.29, 1.82) is 0 Å². The monoisotopic (exact) mass is 157 g/mol. The third kappa shape index (κ3) is 6.83. The van der Waals surface area contributed by atoms with Crippen LogP contribution in [0.25, 0.3) is 0 Å². The van der Waals surface area contributed by atoms with Crippen molar-refractivity contribution in [2.24, 2.45) is 0 Å². The highest BCUT2D eigenvalue weighted by atomic mass is 16.2. The molecule has 0 saturated carbocycles. The number of carbonyl (C=O) groups excluding carboxylic acids is 2. The highest BCUT2D eigenvalue weighted by molar-refractivity contribution is 5.83. The number of hydrogen-bond donors (Lipinski definition) is 1. The minimum atomic E-state index is -0.755. The Balaban J connectivity index is 3.30. The smallest absolute Gasteiger partial charge is 0.257 e. The van der Waals surface area contributed by atoms with Crippen molar-refractivity contribution in [3.8, 4) is 0 Å². The molecule has 1 radical (unpaired) electrons. The van der Waals surface area contributed by atoms with Crippen LogP contribution in [0.15, 0.2) is 0 Å². The average Bonchev–Trinajstić information content (AvgIpc) is 1.97. The van der Waals surface area contributed by atoms with Crippen LogP contribution in [0.4, 0.5) is 0 Å². The summed E-state index contributed by atoms with van der Waals surface area (Å²) >= 11 is 0. The van der Waals surface area contributed by atoms with E-state index in [1.807, 2.05) is 6.92 Å². The van der Waals surface area contributed by atoms with E-state index in [-0.39, 0.29) is 12.5 Å². The van der Waals surface area contributed by atoms with Gasteiger partial charge in [-0.05, 0) is 6.42 Å². The second-order valence-corrected chi connectivity index (χ2v) is 2.30. The van der Waals surface area contributed by atoms with Gasteiger partial charge in [-0.2, -0.15) is 0 Å². The van der Waals surface area contributed by atoms with Crippen molar-refractivity contribution in [3.05, 3.63) is 0 Å². The Kier molecular flexibility index (Phi) is 5.15. The average molecular weight is 157 g/mol. The van der Waals surface area contributed by atoms with Crippen LogP contribution in [0.3, 0.4) is 0 Å². The van der Waals surface area contributed by atoms with Gasteiger partial charge in [0.1, 0.15) is 0 Å². The molecule has 0 aliphatic heterocycles. The van der Waals surface area contributed by atoms with Gasteiger partial charge in [-0.1, -0.05) is 13.3 Å². The molecule has 4 heteroatoms. The molecular formula is C7H13N2O2. The summed E-state index contributed by atoms with van der Waals surface area (Å²) in [6.07, 6.45) is 2.24. The van der Waals surface area contributed by atoms with Crippen LogP contribution in [0, 0.1) is 0 Å². The van der Waals surface area contributed by atoms with Gasteiger partial charge in [0.2, 0.25) is 5.91 Å². The van der Waals surface area contributed by atoms with E-state index in [4.69, 9.17) is 5.73 Å². The molecule has 11 heavy (non-hydrogen) atoms. The second-order valence-electron chi connectivity index (χ2n) is 2.30. The van der Waals surface area contributed by atoms with Crippen molar-refractivity contribution in [2.75, 3.05) is 6.54 Å². The largest absolute Gasteiger partial charge is 0.347 e. The first-order valence-corrected chi connectivity index (χ1v) is 3.68. The Bertz CT molecular complexity index is 145. The highest BCUT2D eigenvalue weighted by Crippen LogP contribution is 1.92. The van der Waals surface area contributed by atoms with E-state index in [1.165, 1.54) is 0 Å². The highest BCUT2D eigenvalue weighted by Gasteiger charge is 2.00. The van der Waals surface area contributed by atoms with E-state index < -0.39 is 5.91 Å². The Morgan fingerprint density at radius 2 is 2.09 bits per heavy atom. The summed E-state index contributed by atoms with van der Waals surface area (Å²) in [7, 11) is 0. The fourth-order valence-electron chi connectivity index (χ4n) is 0.605. The molecule has 0 fully saturated rings. The molecule has 0 spiro atoms. The molecule has 0 atom stereocenters. The van der Waals surface area contributed by atoms with E-state index in [9.17, 15) is 9.59 Å². The number of carbonyl (C=O) groups is 2. The maximum atomic E-state index is 10.8. The van der Waals surface area contributed by atoms with E-state index >= 15 is 0 Å². The normalized spacial score (nSPS) is 9.18. The Labute approximate surface area is 66.1 Å². The van der Waals surface area contributed by atoms with Crippen LogP contribution in [0.5, 0.6) is 0 Å². The van der Waals surface area contributed by atoms with Crippen molar-refractivity contribution < 1.29 is 9.59 Å². The summed E-state index contributed by atoms with van der Waals surface area (Å²) in [5.74, 6) is -0.901. The van der Waals surface area contributed by atoms with Crippen LogP contribution < -0.4 is 11.1 Å². The molecule has 2 amide bonds. The molecule has 2 N–H and O–H groups in total. The van der Waals surface area contributed by atoms with Gasteiger partial charge in [-0.3, -0.25) is 15.3 Å². The van der Waals surface area contributed by atoms with E-state index in [2.05, 4.69) is 5.32 Å². The molecule has 63 valence electrons. The second kappa shape index (κ2) is 5.70. The summed E-state index contributed by atoms with van der Waals surface area (Å²) in [5, 5.41) is 2.34. The number of hydrogen-bond acceptors (Lipinski definition) is 2. The molecule has 4 nitrogen and oxygen atoms in total. The SMILES string of the molecule is CCCCC(=O)NCC([NH])=O. The molecule has 0 rings (SSSR count). The standard InChI is InChI=1S/C7H13N2O2/c1-2-3-4-7(11)9-5-6(8)10/h8H,2-5H2,1H3,(H,9,11). The van der Waals surface area contributed by atoms with Gasteiger partial charge >= 0.3 is 0 Å². The van der Waals surface area contributed by atoms with Crippen molar-refractivity contribution in [1.82, 2.24) is 11.1 Å². The Morgan fingerprint density at radius 1 is 1.45 bits per heavy atom. The van der Waals surface area contributed by atoms with E-state index in [0.29, 0.717) is 6.42 Å². The lowest BCUT2D eigenvalue weighted by atomic mass is 10.2. The minimum absolute atomic E-state index is 0.146. The third-order valence-corrected chi connectivity index (χ3v) is 1.20. The molecule has 0 unspecified atom stereocenters. The fourth-order valence-corrected chi connectivity index (χ4v) is 0.605. The summed E-state index contributed by atoms with van der Waals surface area (Å²) in [6.45, 7) is 1.82. The summed E-state index contributed by atoms with van der Waals surface area (Å²) in [5.41, 5.74) is 6.49. The number of nitrogens with one attached hydrogen (secondary N) is 2. The molecule has 0 aromatic rings. The number of unbranched alkanes of at least 4 members (excludes halogenated alkanes) is 1. The van der Waals surface area contributed by atoms with Crippen molar-refractivity contribution >= 4 is 11.8 Å². The Hall–Kier alpha value is -1.06. The lowest BCUT2D eigenvalue weighted by molar-refractivity contribution is -0.125.